The van der Waals surface area contributed by atoms with E-state index in [1.807, 2.05) is 10.6 Å². The molecule has 0 bridgehead atoms. The van der Waals surface area contributed by atoms with Crippen LogP contribution in [0.15, 0.2) is 24.5 Å². The molecule has 0 aliphatic carbocycles. The van der Waals surface area contributed by atoms with Crippen LogP contribution in [0.1, 0.15) is 22.5 Å². The second-order valence-corrected chi connectivity index (χ2v) is 7.28. The number of hydrogen-bond donors (Lipinski definition) is 0. The number of hydrogen-bond acceptors (Lipinski definition) is 4. The SMILES string of the molecule is O=Cc1ccn2cc(CC3CCS(=O)(=O)C3)nc2c1. The van der Waals surface area contributed by atoms with Gasteiger partial charge in [-0.2, -0.15) is 0 Å². The third-order valence-corrected chi connectivity index (χ3v) is 5.33. The normalized spacial score (nSPS) is 21.8. The summed E-state index contributed by atoms with van der Waals surface area (Å²) in [7, 11) is -2.84. The van der Waals surface area contributed by atoms with E-state index in [1.54, 1.807) is 18.3 Å². The highest BCUT2D eigenvalue weighted by atomic mass is 32.2. The first-order valence-corrected chi connectivity index (χ1v) is 8.01. The van der Waals surface area contributed by atoms with Gasteiger partial charge in [-0.25, -0.2) is 13.4 Å². The van der Waals surface area contributed by atoms with Crippen LogP contribution in [0, 0.1) is 5.92 Å². The molecule has 0 radical (unpaired) electrons. The van der Waals surface area contributed by atoms with E-state index in [0.717, 1.165) is 24.0 Å². The van der Waals surface area contributed by atoms with Gasteiger partial charge in [0.2, 0.25) is 0 Å². The number of nitrogens with zero attached hydrogens (tertiary/aromatic N) is 2. The summed E-state index contributed by atoms with van der Waals surface area (Å²) in [5, 5.41) is 0. The van der Waals surface area contributed by atoms with Crippen molar-refractivity contribution in [2.45, 2.75) is 12.8 Å². The Morgan fingerprint density at radius 3 is 3.00 bits per heavy atom. The third-order valence-electron chi connectivity index (χ3n) is 3.49. The second-order valence-electron chi connectivity index (χ2n) is 5.05. The number of carbonyl (C=O) groups excluding carboxylic acids is 1. The van der Waals surface area contributed by atoms with Crippen LogP contribution in [-0.2, 0) is 16.3 Å². The first kappa shape index (κ1) is 12.3. The molecule has 1 fully saturated rings. The van der Waals surface area contributed by atoms with Crippen LogP contribution in [0.4, 0.5) is 0 Å². The molecule has 5 nitrogen and oxygen atoms in total. The average Bonchev–Trinajstić information content (AvgIpc) is 2.91. The van der Waals surface area contributed by atoms with Gasteiger partial charge in [-0.3, -0.25) is 4.79 Å². The maximum absolute atomic E-state index is 11.4. The molecule has 0 N–H and O–H groups in total. The largest absolute Gasteiger partial charge is 0.307 e. The van der Waals surface area contributed by atoms with Crippen LogP contribution in [0.5, 0.6) is 0 Å². The van der Waals surface area contributed by atoms with Crippen molar-refractivity contribution in [1.82, 2.24) is 9.38 Å². The molecular weight excluding hydrogens is 264 g/mol. The number of imidazole rings is 1. The van der Waals surface area contributed by atoms with Gasteiger partial charge in [0.1, 0.15) is 11.9 Å². The fraction of sp³-hybridized carbons (Fsp3) is 0.385. The highest BCUT2D eigenvalue weighted by Gasteiger charge is 2.28. The molecule has 1 atom stereocenters. The molecule has 1 saturated heterocycles. The van der Waals surface area contributed by atoms with E-state index in [9.17, 15) is 13.2 Å². The topological polar surface area (TPSA) is 68.5 Å². The van der Waals surface area contributed by atoms with Crippen molar-refractivity contribution < 1.29 is 13.2 Å². The smallest absolute Gasteiger partial charge is 0.150 e. The van der Waals surface area contributed by atoms with E-state index in [-0.39, 0.29) is 11.7 Å². The summed E-state index contributed by atoms with van der Waals surface area (Å²) in [5.74, 6) is 0.723. The van der Waals surface area contributed by atoms with E-state index < -0.39 is 9.84 Å². The zero-order valence-corrected chi connectivity index (χ0v) is 11.1. The Kier molecular flexibility index (Phi) is 2.89. The van der Waals surface area contributed by atoms with Crippen molar-refractivity contribution in [2.24, 2.45) is 5.92 Å². The molecule has 3 rings (SSSR count). The fourth-order valence-corrected chi connectivity index (χ4v) is 4.41. The van der Waals surface area contributed by atoms with Crippen molar-refractivity contribution >= 4 is 21.8 Å². The maximum Gasteiger partial charge on any atom is 0.150 e. The number of rotatable bonds is 3. The van der Waals surface area contributed by atoms with Gasteiger partial charge in [-0.05, 0) is 30.9 Å². The van der Waals surface area contributed by atoms with Crippen molar-refractivity contribution in [3.05, 3.63) is 35.8 Å². The summed E-state index contributed by atoms with van der Waals surface area (Å²) in [6.45, 7) is 0. The number of sulfone groups is 1. The van der Waals surface area contributed by atoms with Gasteiger partial charge in [-0.1, -0.05) is 0 Å². The molecule has 1 unspecified atom stereocenters. The second kappa shape index (κ2) is 4.45. The molecule has 0 aromatic carbocycles. The summed E-state index contributed by atoms with van der Waals surface area (Å²) >= 11 is 0. The van der Waals surface area contributed by atoms with Crippen LogP contribution in [0.25, 0.3) is 5.65 Å². The Hall–Kier alpha value is -1.69. The Bertz CT molecular complexity index is 733. The molecular formula is C13H14N2O3S. The van der Waals surface area contributed by atoms with Crippen LogP contribution in [-0.4, -0.2) is 35.6 Å². The summed E-state index contributed by atoms with van der Waals surface area (Å²) in [5.41, 5.74) is 2.19. The van der Waals surface area contributed by atoms with Gasteiger partial charge in [-0.15, -0.1) is 0 Å². The average molecular weight is 278 g/mol. The number of aldehydes is 1. The number of aromatic nitrogens is 2. The van der Waals surface area contributed by atoms with Gasteiger partial charge in [0, 0.05) is 18.0 Å². The molecule has 6 heteroatoms. The number of carbonyl (C=O) groups is 1. The standard InChI is InChI=1S/C13H14N2O3S/c16-8-10-1-3-15-7-12(14-13(15)6-10)5-11-2-4-19(17,18)9-11/h1,3,6-8,11H,2,4-5,9H2. The van der Waals surface area contributed by atoms with Crippen LogP contribution in [0.2, 0.25) is 0 Å². The molecule has 0 amide bonds. The number of pyridine rings is 1. The minimum absolute atomic E-state index is 0.167. The van der Waals surface area contributed by atoms with Crippen LogP contribution < -0.4 is 0 Å². The van der Waals surface area contributed by atoms with E-state index >= 15 is 0 Å². The molecule has 100 valence electrons. The minimum Gasteiger partial charge on any atom is -0.307 e. The van der Waals surface area contributed by atoms with Gasteiger partial charge in [0.15, 0.2) is 9.84 Å². The first-order chi connectivity index (χ1) is 9.05. The zero-order valence-electron chi connectivity index (χ0n) is 10.3. The van der Waals surface area contributed by atoms with Gasteiger partial charge < -0.3 is 4.40 Å². The summed E-state index contributed by atoms with van der Waals surface area (Å²) in [4.78, 5) is 15.1. The Morgan fingerprint density at radius 1 is 1.47 bits per heavy atom. The predicted molar refractivity (Wildman–Crippen MR) is 71.0 cm³/mol. The van der Waals surface area contributed by atoms with Gasteiger partial charge in [0.25, 0.3) is 0 Å². The highest BCUT2D eigenvalue weighted by molar-refractivity contribution is 7.91. The van der Waals surface area contributed by atoms with Crippen molar-refractivity contribution in [3.63, 3.8) is 0 Å². The summed E-state index contributed by atoms with van der Waals surface area (Å²) in [6, 6.07) is 3.45. The van der Waals surface area contributed by atoms with E-state index in [2.05, 4.69) is 4.98 Å². The first-order valence-electron chi connectivity index (χ1n) is 6.19. The fourth-order valence-electron chi connectivity index (χ4n) is 2.55. The summed E-state index contributed by atoms with van der Waals surface area (Å²) < 4.78 is 24.7. The number of fused-ring (bicyclic) bond motifs is 1. The van der Waals surface area contributed by atoms with Gasteiger partial charge >= 0.3 is 0 Å². The van der Waals surface area contributed by atoms with Crippen molar-refractivity contribution in [1.29, 1.82) is 0 Å². The third kappa shape index (κ3) is 2.53. The molecule has 1 aliphatic heterocycles. The molecule has 2 aromatic heterocycles. The highest BCUT2D eigenvalue weighted by Crippen LogP contribution is 2.22. The molecule has 0 saturated carbocycles. The maximum atomic E-state index is 11.4. The summed E-state index contributed by atoms with van der Waals surface area (Å²) in [6.07, 6.45) is 5.88. The molecule has 19 heavy (non-hydrogen) atoms. The lowest BCUT2D eigenvalue weighted by atomic mass is 10.0. The Morgan fingerprint density at radius 2 is 2.32 bits per heavy atom. The molecule has 2 aromatic rings. The minimum atomic E-state index is -2.84. The predicted octanol–water partition coefficient (Wildman–Crippen LogP) is 1.12. The van der Waals surface area contributed by atoms with Crippen molar-refractivity contribution in [2.75, 3.05) is 11.5 Å². The van der Waals surface area contributed by atoms with Crippen molar-refractivity contribution in [3.8, 4) is 0 Å². The van der Waals surface area contributed by atoms with Crippen LogP contribution >= 0.6 is 0 Å². The Labute approximate surface area is 111 Å². The lowest BCUT2D eigenvalue weighted by Gasteiger charge is -2.03. The monoisotopic (exact) mass is 278 g/mol. The quantitative estimate of drug-likeness (QED) is 0.789. The van der Waals surface area contributed by atoms with E-state index in [1.165, 1.54) is 0 Å². The zero-order chi connectivity index (χ0) is 13.5. The van der Waals surface area contributed by atoms with Gasteiger partial charge in [0.05, 0.1) is 17.2 Å². The molecule has 1 aliphatic rings. The lowest BCUT2D eigenvalue weighted by molar-refractivity contribution is 0.112. The lowest BCUT2D eigenvalue weighted by Crippen LogP contribution is -2.07. The van der Waals surface area contributed by atoms with E-state index in [0.29, 0.717) is 17.7 Å². The molecule has 3 heterocycles. The van der Waals surface area contributed by atoms with E-state index in [4.69, 9.17) is 0 Å². The van der Waals surface area contributed by atoms with Crippen LogP contribution in [0.3, 0.4) is 0 Å². The Balaban J connectivity index is 1.84. The molecule has 0 spiro atoms.